The molecule has 5 atom stereocenters. The summed E-state index contributed by atoms with van der Waals surface area (Å²) in [5.74, 6) is -0.289. The molecule has 0 saturated carbocycles. The minimum Gasteiger partial charge on any atom is -0.394 e. The highest BCUT2D eigenvalue weighted by atomic mass is 16.7. The Balaban J connectivity index is 1.98. The van der Waals surface area contributed by atoms with Crippen molar-refractivity contribution >= 4 is 5.91 Å². The fourth-order valence-electron chi connectivity index (χ4n) is 3.39. The van der Waals surface area contributed by atoms with E-state index >= 15 is 0 Å². The second-order valence-electron chi connectivity index (χ2n) is 8.43. The minimum absolute atomic E-state index is 0.0891. The van der Waals surface area contributed by atoms with Crippen LogP contribution in [0.4, 0.5) is 0 Å². The maximum atomic E-state index is 11.9. The number of nitrogens with one attached hydrogen (secondary N) is 1. The Hall–Kier alpha value is -0.770. The van der Waals surface area contributed by atoms with Gasteiger partial charge >= 0.3 is 0 Å². The quantitative estimate of drug-likeness (QED) is 0.274. The summed E-state index contributed by atoms with van der Waals surface area (Å²) in [7, 11) is 0. The van der Waals surface area contributed by atoms with Crippen LogP contribution in [0.15, 0.2) is 0 Å². The van der Waals surface area contributed by atoms with Crippen LogP contribution in [-0.4, -0.2) is 78.3 Å². The summed E-state index contributed by atoms with van der Waals surface area (Å²) < 4.78 is 16.7. The van der Waals surface area contributed by atoms with E-state index in [9.17, 15) is 20.1 Å². The topological polar surface area (TPSA) is 117 Å². The van der Waals surface area contributed by atoms with Crippen molar-refractivity contribution in [3.05, 3.63) is 0 Å². The average Bonchev–Trinajstić information content (AvgIpc) is 2.72. The van der Waals surface area contributed by atoms with E-state index in [-0.39, 0.29) is 18.4 Å². The molecule has 1 rings (SSSR count). The predicted octanol–water partition coefficient (Wildman–Crippen LogP) is 1.74. The number of ether oxygens (including phenoxy) is 3. The van der Waals surface area contributed by atoms with E-state index < -0.39 is 24.6 Å². The number of carbonyl (C=O) groups is 1. The highest BCUT2D eigenvalue weighted by molar-refractivity contribution is 5.75. The lowest BCUT2D eigenvalue weighted by Gasteiger charge is -2.40. The molecule has 4 N–H and O–H groups in total. The van der Waals surface area contributed by atoms with Gasteiger partial charge in [-0.05, 0) is 39.5 Å². The lowest BCUT2D eigenvalue weighted by atomic mass is 9.92. The third-order valence-corrected chi connectivity index (χ3v) is 5.36. The van der Waals surface area contributed by atoms with E-state index in [1.165, 1.54) is 0 Å². The molecule has 0 spiro atoms. The Bertz CT molecular complexity index is 447. The van der Waals surface area contributed by atoms with Crippen molar-refractivity contribution in [3.8, 4) is 0 Å². The van der Waals surface area contributed by atoms with Gasteiger partial charge in [0, 0.05) is 32.1 Å². The van der Waals surface area contributed by atoms with Gasteiger partial charge < -0.3 is 34.8 Å². The van der Waals surface area contributed by atoms with Gasteiger partial charge in [-0.25, -0.2) is 0 Å². The van der Waals surface area contributed by atoms with Gasteiger partial charge in [0.1, 0.15) is 12.2 Å². The number of amides is 1. The minimum atomic E-state index is -1.11. The summed E-state index contributed by atoms with van der Waals surface area (Å²) in [5, 5.41) is 32.0. The van der Waals surface area contributed by atoms with Gasteiger partial charge in [0.25, 0.3) is 0 Å². The Morgan fingerprint density at radius 2 is 1.67 bits per heavy atom. The molecule has 1 saturated heterocycles. The van der Waals surface area contributed by atoms with Crippen molar-refractivity contribution in [1.29, 1.82) is 0 Å². The van der Waals surface area contributed by atoms with Gasteiger partial charge in [-0.15, -0.1) is 0 Å². The fourth-order valence-corrected chi connectivity index (χ4v) is 3.39. The zero-order valence-electron chi connectivity index (χ0n) is 18.9. The lowest BCUT2D eigenvalue weighted by molar-refractivity contribution is -0.282. The lowest BCUT2D eigenvalue weighted by Crippen LogP contribution is -2.55. The second-order valence-corrected chi connectivity index (χ2v) is 8.43. The third-order valence-electron chi connectivity index (χ3n) is 5.36. The van der Waals surface area contributed by atoms with Crippen molar-refractivity contribution < 1.29 is 34.3 Å². The maximum Gasteiger partial charge on any atom is 0.219 e. The van der Waals surface area contributed by atoms with Gasteiger partial charge in [0.05, 0.1) is 18.8 Å². The summed E-state index contributed by atoms with van der Waals surface area (Å²) in [6.07, 6.45) is 3.94. The van der Waals surface area contributed by atoms with Crippen LogP contribution >= 0.6 is 0 Å². The smallest absolute Gasteiger partial charge is 0.219 e. The van der Waals surface area contributed by atoms with E-state index in [1.807, 2.05) is 13.8 Å². The van der Waals surface area contributed by atoms with Crippen molar-refractivity contribution in [1.82, 2.24) is 5.32 Å². The number of rotatable bonds is 16. The van der Waals surface area contributed by atoms with Crippen LogP contribution in [0.3, 0.4) is 0 Å². The second kappa shape index (κ2) is 15.9. The van der Waals surface area contributed by atoms with E-state index in [1.54, 1.807) is 6.92 Å². The Labute approximate surface area is 181 Å². The average molecular weight is 434 g/mol. The third kappa shape index (κ3) is 11.0. The van der Waals surface area contributed by atoms with Crippen LogP contribution in [0.5, 0.6) is 0 Å². The largest absolute Gasteiger partial charge is 0.394 e. The van der Waals surface area contributed by atoms with Crippen LogP contribution < -0.4 is 5.32 Å². The number of carbonyl (C=O) groups excluding carboxylic acids is 1. The van der Waals surface area contributed by atoms with Crippen molar-refractivity contribution in [2.24, 2.45) is 5.92 Å². The molecule has 0 radical (unpaired) electrons. The molecule has 0 bridgehead atoms. The molecule has 0 aromatic heterocycles. The first-order chi connectivity index (χ1) is 14.4. The van der Waals surface area contributed by atoms with Crippen LogP contribution in [0.1, 0.15) is 72.1 Å². The molecule has 1 fully saturated rings. The summed E-state index contributed by atoms with van der Waals surface area (Å²) in [6.45, 7) is 7.44. The van der Waals surface area contributed by atoms with Crippen molar-refractivity contribution in [3.63, 3.8) is 0 Å². The molecule has 2 unspecified atom stereocenters. The first-order valence-corrected chi connectivity index (χ1v) is 11.5. The summed E-state index contributed by atoms with van der Waals surface area (Å²) >= 11 is 0. The first-order valence-electron chi connectivity index (χ1n) is 11.5. The number of hydrogen-bond donors (Lipinski definition) is 4. The molecule has 30 heavy (non-hydrogen) atoms. The molecule has 178 valence electrons. The Morgan fingerprint density at radius 1 is 1.00 bits per heavy atom. The first kappa shape index (κ1) is 27.3. The number of hydrogen-bond acceptors (Lipinski definition) is 7. The summed E-state index contributed by atoms with van der Waals surface area (Å²) in [5.41, 5.74) is 0. The molecule has 0 aliphatic carbocycles. The maximum absolute atomic E-state index is 11.9. The molecular weight excluding hydrogens is 390 g/mol. The van der Waals surface area contributed by atoms with Gasteiger partial charge in [0.2, 0.25) is 5.91 Å². The normalized spacial score (nSPS) is 26.8. The number of aliphatic hydroxyl groups excluding tert-OH is 3. The van der Waals surface area contributed by atoms with Crippen molar-refractivity contribution in [2.75, 3.05) is 26.4 Å². The number of aliphatic hydroxyl groups is 3. The number of unbranched alkanes of at least 4 members (excludes halogenated alkanes) is 5. The van der Waals surface area contributed by atoms with Crippen LogP contribution in [0.2, 0.25) is 0 Å². The van der Waals surface area contributed by atoms with Gasteiger partial charge in [0.15, 0.2) is 6.29 Å². The van der Waals surface area contributed by atoms with E-state index in [2.05, 4.69) is 5.32 Å². The Morgan fingerprint density at radius 3 is 2.37 bits per heavy atom. The SMILES string of the molecule is CC(C)OCCCCCCNC(=O)CCCCCO[C@@H]1OC(CO)[C@H](O)C(O)[C@@H]1C. The zero-order chi connectivity index (χ0) is 22.4. The van der Waals surface area contributed by atoms with Gasteiger partial charge in [-0.1, -0.05) is 26.2 Å². The molecule has 8 heteroatoms. The molecule has 1 aliphatic heterocycles. The van der Waals surface area contributed by atoms with E-state index in [4.69, 9.17) is 14.2 Å². The molecule has 8 nitrogen and oxygen atoms in total. The highest BCUT2D eigenvalue weighted by Gasteiger charge is 2.42. The molecule has 1 heterocycles. The standard InChI is InChI=1S/C22H43NO7/c1-16(2)28-13-9-5-4-8-12-23-19(25)11-7-6-10-14-29-22-17(3)20(26)21(27)18(15-24)30-22/h16-18,20-22,24,26-27H,4-15H2,1-3H3,(H,23,25)/t17-,18?,20?,21-,22+/m0/s1. The monoisotopic (exact) mass is 433 g/mol. The summed E-state index contributed by atoms with van der Waals surface area (Å²) in [4.78, 5) is 11.9. The van der Waals surface area contributed by atoms with Crippen molar-refractivity contribution in [2.45, 2.75) is 103 Å². The predicted molar refractivity (Wildman–Crippen MR) is 114 cm³/mol. The van der Waals surface area contributed by atoms with Crippen LogP contribution in [-0.2, 0) is 19.0 Å². The molecule has 0 aromatic carbocycles. The highest BCUT2D eigenvalue weighted by Crippen LogP contribution is 2.26. The molecule has 1 aliphatic rings. The molecule has 0 aromatic rings. The van der Waals surface area contributed by atoms with Gasteiger partial charge in [-0.3, -0.25) is 4.79 Å². The van der Waals surface area contributed by atoms with Crippen LogP contribution in [0.25, 0.3) is 0 Å². The zero-order valence-corrected chi connectivity index (χ0v) is 18.9. The van der Waals surface area contributed by atoms with E-state index in [0.717, 1.165) is 58.1 Å². The molecular formula is C22H43NO7. The summed E-state index contributed by atoms with van der Waals surface area (Å²) in [6, 6.07) is 0. The van der Waals surface area contributed by atoms with Crippen LogP contribution in [0, 0.1) is 5.92 Å². The molecule has 1 amide bonds. The van der Waals surface area contributed by atoms with Gasteiger partial charge in [-0.2, -0.15) is 0 Å². The fraction of sp³-hybridized carbons (Fsp3) is 0.955. The Kier molecular flexibility index (Phi) is 14.5. The van der Waals surface area contributed by atoms with E-state index in [0.29, 0.717) is 19.1 Å².